The minimum atomic E-state index is -0.132. The van der Waals surface area contributed by atoms with Gasteiger partial charge in [-0.15, -0.1) is 0 Å². The molecule has 1 unspecified atom stereocenters. The summed E-state index contributed by atoms with van der Waals surface area (Å²) in [7, 11) is 0. The number of aromatic nitrogens is 1. The molecule has 20 heavy (non-hydrogen) atoms. The zero-order valence-corrected chi connectivity index (χ0v) is 11.8. The van der Waals surface area contributed by atoms with E-state index in [1.165, 1.54) is 10.8 Å². The van der Waals surface area contributed by atoms with Gasteiger partial charge in [0.15, 0.2) is 0 Å². The highest BCUT2D eigenvalue weighted by molar-refractivity contribution is 5.83. The van der Waals surface area contributed by atoms with Crippen molar-refractivity contribution in [1.29, 1.82) is 0 Å². The van der Waals surface area contributed by atoms with Crippen molar-refractivity contribution < 1.29 is 0 Å². The van der Waals surface area contributed by atoms with Gasteiger partial charge < -0.3 is 5.73 Å². The Kier molecular flexibility index (Phi) is 3.25. The first kappa shape index (κ1) is 12.8. The van der Waals surface area contributed by atoms with Gasteiger partial charge in [0.2, 0.25) is 0 Å². The van der Waals surface area contributed by atoms with Gasteiger partial charge in [0.25, 0.3) is 0 Å². The van der Waals surface area contributed by atoms with Crippen LogP contribution >= 0.6 is 0 Å². The molecule has 2 aromatic carbocycles. The molecule has 0 amide bonds. The Morgan fingerprint density at radius 3 is 2.40 bits per heavy atom. The normalized spacial score (nSPS) is 12.6. The first-order chi connectivity index (χ1) is 9.65. The molecule has 0 saturated heterocycles. The Balaban J connectivity index is 2.05. The number of fused-ring (bicyclic) bond motifs is 1. The molecule has 2 nitrogen and oxygen atoms in total. The average molecular weight is 262 g/mol. The topological polar surface area (TPSA) is 38.9 Å². The van der Waals surface area contributed by atoms with Crippen molar-refractivity contribution in [2.24, 2.45) is 5.73 Å². The molecule has 100 valence electrons. The lowest BCUT2D eigenvalue weighted by atomic mass is 9.96. The molecule has 3 rings (SSSR count). The van der Waals surface area contributed by atoms with E-state index in [1.54, 1.807) is 0 Å². The molecule has 0 aliphatic carbocycles. The number of benzene rings is 2. The Morgan fingerprint density at radius 2 is 1.65 bits per heavy atom. The third-order valence-electron chi connectivity index (χ3n) is 3.73. The maximum Gasteiger partial charge on any atom is 0.0569 e. The van der Waals surface area contributed by atoms with E-state index in [9.17, 15) is 0 Å². The number of hydrogen-bond acceptors (Lipinski definition) is 2. The highest BCUT2D eigenvalue weighted by Gasteiger charge is 2.12. The van der Waals surface area contributed by atoms with Crippen LogP contribution in [-0.4, -0.2) is 4.98 Å². The van der Waals surface area contributed by atoms with Gasteiger partial charge in [0.1, 0.15) is 0 Å². The number of nitrogens with two attached hydrogens (primary N) is 1. The molecule has 0 bridgehead atoms. The van der Waals surface area contributed by atoms with E-state index in [4.69, 9.17) is 5.73 Å². The maximum absolute atomic E-state index is 6.42. The number of hydrogen-bond donors (Lipinski definition) is 1. The van der Waals surface area contributed by atoms with E-state index >= 15 is 0 Å². The highest BCUT2D eigenvalue weighted by atomic mass is 14.7. The lowest BCUT2D eigenvalue weighted by Crippen LogP contribution is -2.14. The van der Waals surface area contributed by atoms with Gasteiger partial charge >= 0.3 is 0 Å². The fourth-order valence-corrected chi connectivity index (χ4v) is 2.61. The van der Waals surface area contributed by atoms with Crippen LogP contribution in [0.1, 0.15) is 28.6 Å². The molecule has 0 aliphatic heterocycles. The molecular formula is C18H18N2. The van der Waals surface area contributed by atoms with E-state index in [2.05, 4.69) is 53.5 Å². The molecule has 0 fully saturated rings. The van der Waals surface area contributed by atoms with E-state index in [0.29, 0.717) is 0 Å². The first-order valence-electron chi connectivity index (χ1n) is 6.83. The summed E-state index contributed by atoms with van der Waals surface area (Å²) in [6.07, 6.45) is 0. The number of aryl methyl sites for hydroxylation is 2. The van der Waals surface area contributed by atoms with Crippen LogP contribution in [0, 0.1) is 13.8 Å². The second-order valence-electron chi connectivity index (χ2n) is 5.21. The molecular weight excluding hydrogens is 244 g/mol. The summed E-state index contributed by atoms with van der Waals surface area (Å²) in [4.78, 5) is 4.50. The minimum Gasteiger partial charge on any atom is -0.320 e. The second kappa shape index (κ2) is 5.06. The first-order valence-corrected chi connectivity index (χ1v) is 6.83. The molecule has 0 aliphatic rings. The highest BCUT2D eigenvalue weighted by Crippen LogP contribution is 2.25. The molecule has 1 atom stereocenters. The standard InChI is InChI=1S/C18H18N2/c1-12-7-10-17(13(2)20-12)18(19)16-9-8-14-5-3-4-6-15(14)11-16/h3-11,18H,19H2,1-2H3. The average Bonchev–Trinajstić information content (AvgIpc) is 2.46. The van der Waals surface area contributed by atoms with Crippen molar-refractivity contribution in [2.75, 3.05) is 0 Å². The molecule has 3 aromatic rings. The van der Waals surface area contributed by atoms with Crippen LogP contribution in [0.2, 0.25) is 0 Å². The molecule has 0 radical (unpaired) electrons. The van der Waals surface area contributed by atoms with E-state index < -0.39 is 0 Å². The van der Waals surface area contributed by atoms with Crippen LogP contribution in [0.15, 0.2) is 54.6 Å². The Bertz CT molecular complexity index is 762. The quantitative estimate of drug-likeness (QED) is 0.760. The van der Waals surface area contributed by atoms with Crippen LogP contribution in [0.3, 0.4) is 0 Å². The van der Waals surface area contributed by atoms with E-state index in [0.717, 1.165) is 22.5 Å². The van der Waals surface area contributed by atoms with Crippen molar-refractivity contribution in [3.63, 3.8) is 0 Å². The van der Waals surface area contributed by atoms with Gasteiger partial charge in [-0.3, -0.25) is 4.98 Å². The van der Waals surface area contributed by atoms with Gasteiger partial charge in [0, 0.05) is 11.4 Å². The monoisotopic (exact) mass is 262 g/mol. The summed E-state index contributed by atoms with van der Waals surface area (Å²) in [5, 5.41) is 2.46. The minimum absolute atomic E-state index is 0.132. The summed E-state index contributed by atoms with van der Waals surface area (Å²) in [6, 6.07) is 18.7. The third-order valence-corrected chi connectivity index (χ3v) is 3.73. The van der Waals surface area contributed by atoms with Crippen molar-refractivity contribution in [3.8, 4) is 0 Å². The molecule has 1 aromatic heterocycles. The van der Waals surface area contributed by atoms with E-state index in [-0.39, 0.29) is 6.04 Å². The van der Waals surface area contributed by atoms with Crippen LogP contribution < -0.4 is 5.73 Å². The van der Waals surface area contributed by atoms with Crippen LogP contribution in [0.5, 0.6) is 0 Å². The van der Waals surface area contributed by atoms with Gasteiger partial charge in [-0.05, 0) is 47.9 Å². The summed E-state index contributed by atoms with van der Waals surface area (Å²) < 4.78 is 0. The summed E-state index contributed by atoms with van der Waals surface area (Å²) >= 11 is 0. The fourth-order valence-electron chi connectivity index (χ4n) is 2.61. The molecule has 2 heteroatoms. The molecule has 1 heterocycles. The maximum atomic E-state index is 6.42. The van der Waals surface area contributed by atoms with Gasteiger partial charge in [-0.1, -0.05) is 42.5 Å². The lowest BCUT2D eigenvalue weighted by Gasteiger charge is -2.15. The van der Waals surface area contributed by atoms with E-state index in [1.807, 2.05) is 19.9 Å². The Morgan fingerprint density at radius 1 is 0.900 bits per heavy atom. The summed E-state index contributed by atoms with van der Waals surface area (Å²) in [5.41, 5.74) is 10.7. The summed E-state index contributed by atoms with van der Waals surface area (Å²) in [5.74, 6) is 0. The molecule has 0 saturated carbocycles. The number of pyridine rings is 1. The van der Waals surface area contributed by atoms with Gasteiger partial charge in [0.05, 0.1) is 6.04 Å². The molecule has 2 N–H and O–H groups in total. The predicted molar refractivity (Wildman–Crippen MR) is 83.7 cm³/mol. The second-order valence-corrected chi connectivity index (χ2v) is 5.21. The van der Waals surface area contributed by atoms with Gasteiger partial charge in [-0.2, -0.15) is 0 Å². The zero-order chi connectivity index (χ0) is 14.1. The largest absolute Gasteiger partial charge is 0.320 e. The third kappa shape index (κ3) is 2.30. The Hall–Kier alpha value is -2.19. The molecule has 0 spiro atoms. The Labute approximate surface area is 119 Å². The lowest BCUT2D eigenvalue weighted by molar-refractivity contribution is 0.846. The predicted octanol–water partition coefficient (Wildman–Crippen LogP) is 3.90. The van der Waals surface area contributed by atoms with Crippen LogP contribution in [0.4, 0.5) is 0 Å². The van der Waals surface area contributed by atoms with Crippen molar-refractivity contribution >= 4 is 10.8 Å². The smallest absolute Gasteiger partial charge is 0.0569 e. The number of rotatable bonds is 2. The number of nitrogens with zero attached hydrogens (tertiary/aromatic N) is 1. The SMILES string of the molecule is Cc1ccc(C(N)c2ccc3ccccc3c2)c(C)n1. The fraction of sp³-hybridized carbons (Fsp3) is 0.167. The van der Waals surface area contributed by atoms with Crippen molar-refractivity contribution in [3.05, 3.63) is 77.1 Å². The van der Waals surface area contributed by atoms with Gasteiger partial charge in [-0.25, -0.2) is 0 Å². The van der Waals surface area contributed by atoms with Crippen molar-refractivity contribution in [2.45, 2.75) is 19.9 Å². The zero-order valence-electron chi connectivity index (χ0n) is 11.8. The van der Waals surface area contributed by atoms with Crippen molar-refractivity contribution in [1.82, 2.24) is 4.98 Å². The van der Waals surface area contributed by atoms with Crippen LogP contribution in [0.25, 0.3) is 10.8 Å². The van der Waals surface area contributed by atoms with Crippen LogP contribution in [-0.2, 0) is 0 Å². The summed E-state index contributed by atoms with van der Waals surface area (Å²) in [6.45, 7) is 4.02.